The summed E-state index contributed by atoms with van der Waals surface area (Å²) < 4.78 is 13.2. The molecule has 1 aliphatic rings. The van der Waals surface area contributed by atoms with E-state index in [2.05, 4.69) is 9.80 Å². The third-order valence-electron chi connectivity index (χ3n) is 4.08. The molecule has 0 radical (unpaired) electrons. The summed E-state index contributed by atoms with van der Waals surface area (Å²) >= 11 is 0. The van der Waals surface area contributed by atoms with Crippen LogP contribution >= 0.6 is 0 Å². The van der Waals surface area contributed by atoms with Gasteiger partial charge in [-0.25, -0.2) is 4.39 Å². The molecule has 0 aromatic heterocycles. The van der Waals surface area contributed by atoms with Crippen molar-refractivity contribution in [3.05, 3.63) is 35.6 Å². The van der Waals surface area contributed by atoms with Gasteiger partial charge in [0.05, 0.1) is 12.6 Å². The fraction of sp³-hybridized carbons (Fsp3) is 0.588. The van der Waals surface area contributed by atoms with Crippen LogP contribution in [0.2, 0.25) is 0 Å². The summed E-state index contributed by atoms with van der Waals surface area (Å²) in [6.45, 7) is 6.65. The molecule has 0 unspecified atom stereocenters. The summed E-state index contributed by atoms with van der Waals surface area (Å²) in [5, 5.41) is 9.41. The van der Waals surface area contributed by atoms with E-state index in [9.17, 15) is 14.3 Å². The topological polar surface area (TPSA) is 47.0 Å². The highest BCUT2D eigenvalue weighted by molar-refractivity contribution is 5.78. The van der Waals surface area contributed by atoms with Crippen molar-refractivity contribution in [2.24, 2.45) is 0 Å². The number of hydrogen-bond acceptors (Lipinski definition) is 4. The lowest BCUT2D eigenvalue weighted by Crippen LogP contribution is -2.50. The Morgan fingerprint density at radius 3 is 2.57 bits per heavy atom. The molecule has 0 saturated carbocycles. The maximum atomic E-state index is 13.2. The van der Waals surface area contributed by atoms with Gasteiger partial charge in [-0.15, -0.1) is 0 Å². The lowest BCUT2D eigenvalue weighted by atomic mass is 10.2. The molecule has 1 amide bonds. The van der Waals surface area contributed by atoms with Gasteiger partial charge in [-0.05, 0) is 24.6 Å². The van der Waals surface area contributed by atoms with Crippen molar-refractivity contribution < 1.29 is 14.3 Å². The molecule has 1 heterocycles. The Morgan fingerprint density at radius 2 is 1.96 bits per heavy atom. The zero-order valence-electron chi connectivity index (χ0n) is 13.9. The third-order valence-corrected chi connectivity index (χ3v) is 4.08. The second-order valence-corrected chi connectivity index (χ2v) is 6.31. The molecule has 1 aromatic carbocycles. The minimum Gasteiger partial charge on any atom is -0.392 e. The van der Waals surface area contributed by atoms with E-state index in [1.807, 2.05) is 6.07 Å². The molecule has 6 heteroatoms. The van der Waals surface area contributed by atoms with Crippen molar-refractivity contribution >= 4 is 5.91 Å². The number of β-amino-alcohol motifs (C(OH)–C–C–N with tert-alkyl or cyclic N) is 1. The monoisotopic (exact) mass is 323 g/mol. The van der Waals surface area contributed by atoms with E-state index in [1.54, 1.807) is 24.9 Å². The number of likely N-dealkylation sites (N-methyl/N-ethyl adjacent to an activating group) is 1. The smallest absolute Gasteiger partial charge is 0.236 e. The number of halogens is 1. The molecular weight excluding hydrogens is 297 g/mol. The second kappa shape index (κ2) is 8.38. The van der Waals surface area contributed by atoms with Gasteiger partial charge in [0.1, 0.15) is 5.82 Å². The Kier molecular flexibility index (Phi) is 6.50. The molecule has 23 heavy (non-hydrogen) atoms. The number of aliphatic hydroxyl groups is 1. The van der Waals surface area contributed by atoms with Gasteiger partial charge in [-0.1, -0.05) is 12.1 Å². The van der Waals surface area contributed by atoms with Gasteiger partial charge in [0, 0.05) is 46.3 Å². The number of carbonyl (C=O) groups is 1. The Hall–Kier alpha value is -1.50. The van der Waals surface area contributed by atoms with Crippen molar-refractivity contribution in [3.63, 3.8) is 0 Å². The van der Waals surface area contributed by atoms with Gasteiger partial charge in [0.15, 0.2) is 0 Å². The number of hydrogen-bond donors (Lipinski definition) is 1. The number of carbonyl (C=O) groups excluding carboxylic acids is 1. The molecule has 1 atom stereocenters. The van der Waals surface area contributed by atoms with E-state index >= 15 is 0 Å². The first-order valence-electron chi connectivity index (χ1n) is 8.05. The SMILES string of the molecule is C[C@@H](O)CN1CCN(CC(=O)N(C)Cc2cccc(F)c2)CC1. The third kappa shape index (κ3) is 5.89. The molecule has 1 aliphatic heterocycles. The molecule has 2 rings (SSSR count). The fourth-order valence-corrected chi connectivity index (χ4v) is 2.81. The molecule has 0 aliphatic carbocycles. The van der Waals surface area contributed by atoms with Crippen molar-refractivity contribution in [2.45, 2.75) is 19.6 Å². The lowest BCUT2D eigenvalue weighted by Gasteiger charge is -2.35. The summed E-state index contributed by atoms with van der Waals surface area (Å²) in [7, 11) is 1.75. The van der Waals surface area contributed by atoms with E-state index < -0.39 is 0 Å². The summed E-state index contributed by atoms with van der Waals surface area (Å²) in [6, 6.07) is 6.34. The van der Waals surface area contributed by atoms with E-state index in [4.69, 9.17) is 0 Å². The largest absolute Gasteiger partial charge is 0.392 e. The van der Waals surface area contributed by atoms with Crippen LogP contribution in [0, 0.1) is 5.82 Å². The normalized spacial score (nSPS) is 17.9. The average Bonchev–Trinajstić information content (AvgIpc) is 2.48. The predicted octanol–water partition coefficient (Wildman–Crippen LogP) is 0.782. The molecule has 0 bridgehead atoms. The number of amides is 1. The summed E-state index contributed by atoms with van der Waals surface area (Å²) in [5.74, 6) is -0.240. The zero-order valence-corrected chi connectivity index (χ0v) is 13.9. The van der Waals surface area contributed by atoms with Crippen LogP contribution in [0.1, 0.15) is 12.5 Å². The van der Waals surface area contributed by atoms with E-state index in [-0.39, 0.29) is 17.8 Å². The number of nitrogens with zero attached hydrogens (tertiary/aromatic N) is 3. The molecule has 5 nitrogen and oxygen atoms in total. The van der Waals surface area contributed by atoms with Crippen LogP contribution in [0.3, 0.4) is 0 Å². The minimum absolute atomic E-state index is 0.0400. The maximum absolute atomic E-state index is 13.2. The van der Waals surface area contributed by atoms with Crippen molar-refractivity contribution in [3.8, 4) is 0 Å². The number of rotatable bonds is 6. The average molecular weight is 323 g/mol. The zero-order chi connectivity index (χ0) is 16.8. The quantitative estimate of drug-likeness (QED) is 0.841. The highest BCUT2D eigenvalue weighted by Crippen LogP contribution is 2.08. The highest BCUT2D eigenvalue weighted by atomic mass is 19.1. The Labute approximate surface area is 137 Å². The van der Waals surface area contributed by atoms with Crippen LogP contribution in [0.4, 0.5) is 4.39 Å². The predicted molar refractivity (Wildman–Crippen MR) is 87.4 cm³/mol. The number of benzene rings is 1. The van der Waals surface area contributed by atoms with Gasteiger partial charge in [-0.2, -0.15) is 0 Å². The molecule has 0 spiro atoms. The van der Waals surface area contributed by atoms with Crippen LogP contribution in [0.15, 0.2) is 24.3 Å². The van der Waals surface area contributed by atoms with E-state index in [1.165, 1.54) is 12.1 Å². The molecule has 128 valence electrons. The van der Waals surface area contributed by atoms with Crippen molar-refractivity contribution in [1.82, 2.24) is 14.7 Å². The molecule has 1 fully saturated rings. The van der Waals surface area contributed by atoms with Crippen LogP contribution in [0.25, 0.3) is 0 Å². The van der Waals surface area contributed by atoms with Crippen LogP contribution in [0.5, 0.6) is 0 Å². The van der Waals surface area contributed by atoms with Gasteiger partial charge in [0.2, 0.25) is 5.91 Å². The van der Waals surface area contributed by atoms with Crippen molar-refractivity contribution in [2.75, 3.05) is 46.3 Å². The first-order valence-corrected chi connectivity index (χ1v) is 8.05. The summed E-state index contributed by atoms with van der Waals surface area (Å²) in [5.41, 5.74) is 0.794. The Balaban J connectivity index is 1.76. The van der Waals surface area contributed by atoms with Gasteiger partial charge >= 0.3 is 0 Å². The second-order valence-electron chi connectivity index (χ2n) is 6.31. The molecule has 1 aromatic rings. The fourth-order valence-electron chi connectivity index (χ4n) is 2.81. The van der Waals surface area contributed by atoms with Crippen molar-refractivity contribution in [1.29, 1.82) is 0 Å². The minimum atomic E-state index is -0.319. The maximum Gasteiger partial charge on any atom is 0.236 e. The Morgan fingerprint density at radius 1 is 1.30 bits per heavy atom. The molecule has 1 N–H and O–H groups in total. The van der Waals surface area contributed by atoms with E-state index in [0.29, 0.717) is 19.6 Å². The first kappa shape index (κ1) is 17.8. The van der Waals surface area contributed by atoms with Crippen LogP contribution in [-0.2, 0) is 11.3 Å². The van der Waals surface area contributed by atoms with Gasteiger partial charge < -0.3 is 10.0 Å². The highest BCUT2D eigenvalue weighted by Gasteiger charge is 2.21. The van der Waals surface area contributed by atoms with Gasteiger partial charge in [0.25, 0.3) is 0 Å². The number of piperazine rings is 1. The summed E-state index contributed by atoms with van der Waals surface area (Å²) in [4.78, 5) is 18.3. The van der Waals surface area contributed by atoms with Crippen LogP contribution < -0.4 is 0 Å². The molecule has 1 saturated heterocycles. The van der Waals surface area contributed by atoms with Crippen LogP contribution in [-0.4, -0.2) is 78.1 Å². The standard InChI is InChI=1S/C17H26FN3O2/c1-14(22)11-20-6-8-21(9-7-20)13-17(23)19(2)12-15-4-3-5-16(18)10-15/h3-5,10,14,22H,6-9,11-13H2,1-2H3/t14-/m1/s1. The molecular formula is C17H26FN3O2. The van der Waals surface area contributed by atoms with E-state index in [0.717, 1.165) is 31.7 Å². The lowest BCUT2D eigenvalue weighted by molar-refractivity contribution is -0.132. The summed E-state index contributed by atoms with van der Waals surface area (Å²) in [6.07, 6.45) is -0.319. The van der Waals surface area contributed by atoms with Gasteiger partial charge in [-0.3, -0.25) is 14.6 Å². The first-order chi connectivity index (χ1) is 10.9. The number of aliphatic hydroxyl groups excluding tert-OH is 1. The Bertz CT molecular complexity index is 516.